The van der Waals surface area contributed by atoms with Crippen molar-refractivity contribution in [3.05, 3.63) is 70.8 Å². The summed E-state index contributed by atoms with van der Waals surface area (Å²) in [6.07, 6.45) is 5.25. The Bertz CT molecular complexity index is 1170. The molecule has 29 heavy (non-hydrogen) atoms. The van der Waals surface area contributed by atoms with Gasteiger partial charge in [0.2, 0.25) is 0 Å². The molecule has 0 radical (unpaired) electrons. The maximum atomic E-state index is 6.39. The summed E-state index contributed by atoms with van der Waals surface area (Å²) in [5, 5.41) is 9.06. The number of halogens is 1. The van der Waals surface area contributed by atoms with Gasteiger partial charge in [-0.05, 0) is 37.7 Å². The Morgan fingerprint density at radius 3 is 2.83 bits per heavy atom. The van der Waals surface area contributed by atoms with Crippen molar-refractivity contribution in [3.8, 4) is 17.0 Å². The quantitative estimate of drug-likeness (QED) is 0.516. The second kappa shape index (κ2) is 8.19. The number of para-hydroxylation sites is 1. The van der Waals surface area contributed by atoms with E-state index in [1.54, 1.807) is 12.4 Å². The van der Waals surface area contributed by atoms with Gasteiger partial charge in [-0.15, -0.1) is 0 Å². The number of rotatable bonds is 6. The molecule has 0 saturated heterocycles. The number of aryl methyl sites for hydroxylation is 2. The lowest BCUT2D eigenvalue weighted by Gasteiger charge is -2.15. The molecule has 4 rings (SSSR count). The summed E-state index contributed by atoms with van der Waals surface area (Å²) >= 11 is 6.39. The third-order valence-electron chi connectivity index (χ3n) is 4.86. The summed E-state index contributed by atoms with van der Waals surface area (Å²) in [4.78, 5) is 8.94. The van der Waals surface area contributed by atoms with E-state index >= 15 is 0 Å². The van der Waals surface area contributed by atoms with Crippen molar-refractivity contribution in [2.75, 3.05) is 7.05 Å². The summed E-state index contributed by atoms with van der Waals surface area (Å²) in [5.41, 5.74) is 5.79. The molecule has 7 heteroatoms. The van der Waals surface area contributed by atoms with Gasteiger partial charge in [0, 0.05) is 54.4 Å². The topological polar surface area (TPSA) is 64.9 Å². The Morgan fingerprint density at radius 2 is 2.07 bits per heavy atom. The molecule has 0 amide bonds. The van der Waals surface area contributed by atoms with Crippen LogP contribution in [-0.2, 0) is 20.2 Å². The summed E-state index contributed by atoms with van der Waals surface area (Å²) in [5.74, 6) is 0.720. The first kappa shape index (κ1) is 19.4. The summed E-state index contributed by atoms with van der Waals surface area (Å²) in [6.45, 7) is 3.00. The Labute approximate surface area is 174 Å². The van der Waals surface area contributed by atoms with Gasteiger partial charge in [0.15, 0.2) is 0 Å². The maximum Gasteiger partial charge on any atom is 0.146 e. The van der Waals surface area contributed by atoms with Gasteiger partial charge < -0.3 is 10.1 Å². The largest absolute Gasteiger partial charge is 0.487 e. The van der Waals surface area contributed by atoms with Crippen LogP contribution in [0.25, 0.3) is 22.2 Å². The van der Waals surface area contributed by atoms with Crippen LogP contribution in [0.15, 0.2) is 48.9 Å². The Kier molecular flexibility index (Phi) is 5.47. The van der Waals surface area contributed by atoms with Crippen molar-refractivity contribution in [2.45, 2.75) is 20.1 Å². The molecule has 0 aliphatic heterocycles. The Hall–Kier alpha value is -2.96. The lowest BCUT2D eigenvalue weighted by Crippen LogP contribution is -2.10. The zero-order chi connectivity index (χ0) is 20.4. The van der Waals surface area contributed by atoms with E-state index in [0.29, 0.717) is 18.2 Å². The zero-order valence-electron chi connectivity index (χ0n) is 16.6. The van der Waals surface area contributed by atoms with Crippen LogP contribution in [-0.4, -0.2) is 26.8 Å². The van der Waals surface area contributed by atoms with Crippen LogP contribution in [0, 0.1) is 6.92 Å². The molecule has 1 N–H and O–H groups in total. The van der Waals surface area contributed by atoms with Crippen LogP contribution in [0.1, 0.15) is 16.8 Å². The molecule has 0 saturated carbocycles. The molecule has 0 fully saturated rings. The summed E-state index contributed by atoms with van der Waals surface area (Å²) < 4.78 is 8.07. The molecule has 0 aliphatic rings. The van der Waals surface area contributed by atoms with E-state index < -0.39 is 0 Å². The molecule has 0 bridgehead atoms. The number of nitrogens with one attached hydrogen (secondary N) is 1. The monoisotopic (exact) mass is 407 g/mol. The highest BCUT2D eigenvalue weighted by Gasteiger charge is 2.14. The minimum absolute atomic E-state index is 0.341. The van der Waals surface area contributed by atoms with Crippen LogP contribution >= 0.6 is 11.6 Å². The fourth-order valence-corrected chi connectivity index (χ4v) is 3.71. The van der Waals surface area contributed by atoms with E-state index in [-0.39, 0.29) is 0 Å². The summed E-state index contributed by atoms with van der Waals surface area (Å²) in [7, 11) is 3.83. The highest BCUT2D eigenvalue weighted by atomic mass is 35.5. The molecule has 148 valence electrons. The van der Waals surface area contributed by atoms with Gasteiger partial charge in [-0.3, -0.25) is 9.67 Å². The minimum Gasteiger partial charge on any atom is -0.487 e. The second-order valence-corrected chi connectivity index (χ2v) is 7.29. The molecule has 4 aromatic rings. The highest BCUT2D eigenvalue weighted by Crippen LogP contribution is 2.33. The summed E-state index contributed by atoms with van der Waals surface area (Å²) in [6, 6.07) is 10.1. The molecular weight excluding hydrogens is 386 g/mol. The van der Waals surface area contributed by atoms with Crippen molar-refractivity contribution >= 4 is 22.5 Å². The van der Waals surface area contributed by atoms with Gasteiger partial charge in [0.1, 0.15) is 17.9 Å². The number of ether oxygens (including phenoxy) is 1. The molecule has 6 nitrogen and oxygen atoms in total. The molecule has 0 aliphatic carbocycles. The predicted octanol–water partition coefficient (Wildman–Crippen LogP) is 4.29. The average molecular weight is 408 g/mol. The smallest absolute Gasteiger partial charge is 0.146 e. The molecule has 3 aromatic heterocycles. The number of hydrogen-bond acceptors (Lipinski definition) is 5. The van der Waals surface area contributed by atoms with Crippen LogP contribution in [0.4, 0.5) is 0 Å². The second-order valence-electron chi connectivity index (χ2n) is 6.88. The van der Waals surface area contributed by atoms with Crippen molar-refractivity contribution in [2.24, 2.45) is 7.05 Å². The fraction of sp³-hybridized carbons (Fsp3) is 0.227. The van der Waals surface area contributed by atoms with Gasteiger partial charge in [0.05, 0.1) is 10.7 Å². The average Bonchev–Trinajstić information content (AvgIpc) is 3.13. The van der Waals surface area contributed by atoms with E-state index in [2.05, 4.69) is 27.5 Å². The molecule has 1 aromatic carbocycles. The highest BCUT2D eigenvalue weighted by molar-refractivity contribution is 6.31. The number of fused-ring (bicyclic) bond motifs is 1. The van der Waals surface area contributed by atoms with Gasteiger partial charge >= 0.3 is 0 Å². The number of benzene rings is 1. The fourth-order valence-electron chi connectivity index (χ4n) is 3.47. The van der Waals surface area contributed by atoms with Crippen LogP contribution in [0.2, 0.25) is 5.02 Å². The Balaban J connectivity index is 1.75. The van der Waals surface area contributed by atoms with E-state index in [1.165, 1.54) is 0 Å². The number of nitrogens with zero attached hydrogens (tertiary/aromatic N) is 4. The first-order chi connectivity index (χ1) is 14.1. The maximum absolute atomic E-state index is 6.39. The van der Waals surface area contributed by atoms with Crippen molar-refractivity contribution in [1.29, 1.82) is 0 Å². The molecule has 0 atom stereocenters. The third kappa shape index (κ3) is 3.81. The SMILES string of the molecule is CNCc1cncc(Cl)c1COc1cccc2c(-c3ccnn3C)cc(C)nc12. The van der Waals surface area contributed by atoms with Gasteiger partial charge in [-0.1, -0.05) is 23.7 Å². The van der Waals surface area contributed by atoms with Gasteiger partial charge in [-0.25, -0.2) is 4.98 Å². The van der Waals surface area contributed by atoms with Gasteiger partial charge in [0.25, 0.3) is 0 Å². The van der Waals surface area contributed by atoms with Gasteiger partial charge in [-0.2, -0.15) is 5.10 Å². The molecule has 3 heterocycles. The lowest BCUT2D eigenvalue weighted by atomic mass is 10.0. The van der Waals surface area contributed by atoms with E-state index in [9.17, 15) is 0 Å². The van der Waals surface area contributed by atoms with Crippen LogP contribution < -0.4 is 10.1 Å². The molecule has 0 spiro atoms. The van der Waals surface area contributed by atoms with E-state index in [1.807, 2.05) is 50.1 Å². The van der Waals surface area contributed by atoms with E-state index in [0.717, 1.165) is 44.7 Å². The van der Waals surface area contributed by atoms with Crippen LogP contribution in [0.5, 0.6) is 5.75 Å². The van der Waals surface area contributed by atoms with Crippen molar-refractivity contribution in [1.82, 2.24) is 25.1 Å². The zero-order valence-corrected chi connectivity index (χ0v) is 17.4. The third-order valence-corrected chi connectivity index (χ3v) is 5.19. The van der Waals surface area contributed by atoms with Crippen molar-refractivity contribution in [3.63, 3.8) is 0 Å². The Morgan fingerprint density at radius 1 is 1.21 bits per heavy atom. The minimum atomic E-state index is 0.341. The predicted molar refractivity (Wildman–Crippen MR) is 115 cm³/mol. The normalized spacial score (nSPS) is 11.2. The lowest BCUT2D eigenvalue weighted by molar-refractivity contribution is 0.308. The number of pyridine rings is 2. The molecular formula is C22H22ClN5O. The molecule has 0 unspecified atom stereocenters. The number of aromatic nitrogens is 4. The first-order valence-corrected chi connectivity index (χ1v) is 9.73. The number of hydrogen-bond donors (Lipinski definition) is 1. The van der Waals surface area contributed by atoms with Crippen molar-refractivity contribution < 1.29 is 4.74 Å². The standard InChI is InChI=1S/C22H22ClN5O/c1-14-9-17(20-7-8-26-28(20)3)16-5-4-6-21(22(16)27-14)29-13-18-15(10-24-2)11-25-12-19(18)23/h4-9,11-12,24H,10,13H2,1-3H3. The van der Waals surface area contributed by atoms with E-state index in [4.69, 9.17) is 21.3 Å². The first-order valence-electron chi connectivity index (χ1n) is 9.36. The van der Waals surface area contributed by atoms with Crippen LogP contribution in [0.3, 0.4) is 0 Å².